The maximum absolute atomic E-state index is 9.84. The highest BCUT2D eigenvalue weighted by molar-refractivity contribution is 5.40. The highest BCUT2D eigenvalue weighted by Crippen LogP contribution is 2.39. The lowest BCUT2D eigenvalue weighted by Crippen LogP contribution is -2.49. The van der Waals surface area contributed by atoms with Crippen LogP contribution in [0.2, 0.25) is 0 Å². The van der Waals surface area contributed by atoms with E-state index in [1.807, 2.05) is 6.07 Å². The molecule has 4 heteroatoms. The van der Waals surface area contributed by atoms with Crippen LogP contribution >= 0.6 is 0 Å². The first kappa shape index (κ1) is 12.0. The molecule has 1 saturated carbocycles. The van der Waals surface area contributed by atoms with E-state index in [2.05, 4.69) is 17.4 Å². The van der Waals surface area contributed by atoms with Crippen molar-refractivity contribution >= 4 is 0 Å². The number of benzene rings is 1. The van der Waals surface area contributed by atoms with Crippen LogP contribution in [-0.2, 0) is 6.54 Å². The van der Waals surface area contributed by atoms with Gasteiger partial charge in [-0.1, -0.05) is 6.07 Å². The summed E-state index contributed by atoms with van der Waals surface area (Å²) < 4.78 is 5.24. The zero-order valence-electron chi connectivity index (χ0n) is 10.5. The third kappa shape index (κ3) is 1.90. The molecule has 4 atom stereocenters. The molecule has 3 rings (SSSR count). The molecule has 0 amide bonds. The molecule has 4 nitrogen and oxygen atoms in total. The third-order valence-electron chi connectivity index (χ3n) is 4.23. The SMILES string of the molecule is COc1ccc2c(c1)CN[C@H]1C[C@H](O)[C@H](O)C[C@@H]21. The number of aliphatic hydroxyl groups is 2. The second-order valence-corrected chi connectivity index (χ2v) is 5.26. The van der Waals surface area contributed by atoms with Crippen molar-refractivity contribution in [2.45, 2.75) is 43.6 Å². The Kier molecular flexibility index (Phi) is 3.01. The van der Waals surface area contributed by atoms with Gasteiger partial charge in [-0.3, -0.25) is 0 Å². The second-order valence-electron chi connectivity index (χ2n) is 5.26. The zero-order chi connectivity index (χ0) is 12.7. The van der Waals surface area contributed by atoms with Crippen LogP contribution in [0, 0.1) is 0 Å². The molecular formula is C14H19NO3. The van der Waals surface area contributed by atoms with Crippen molar-refractivity contribution in [2.75, 3.05) is 7.11 Å². The molecule has 1 aliphatic heterocycles. The van der Waals surface area contributed by atoms with Crippen LogP contribution in [0.25, 0.3) is 0 Å². The minimum atomic E-state index is -0.610. The Morgan fingerprint density at radius 2 is 2.00 bits per heavy atom. The molecule has 1 aromatic carbocycles. The summed E-state index contributed by atoms with van der Waals surface area (Å²) in [6.45, 7) is 0.802. The van der Waals surface area contributed by atoms with Gasteiger partial charge in [-0.05, 0) is 36.1 Å². The first-order valence-corrected chi connectivity index (χ1v) is 6.45. The van der Waals surface area contributed by atoms with E-state index in [-0.39, 0.29) is 12.0 Å². The van der Waals surface area contributed by atoms with Gasteiger partial charge in [0.1, 0.15) is 5.75 Å². The van der Waals surface area contributed by atoms with Crippen molar-refractivity contribution in [2.24, 2.45) is 0 Å². The molecule has 18 heavy (non-hydrogen) atoms. The van der Waals surface area contributed by atoms with Gasteiger partial charge in [-0.15, -0.1) is 0 Å². The smallest absolute Gasteiger partial charge is 0.119 e. The molecule has 3 N–H and O–H groups in total. The Bertz CT molecular complexity index is 449. The molecule has 0 saturated heterocycles. The van der Waals surface area contributed by atoms with Gasteiger partial charge in [-0.25, -0.2) is 0 Å². The van der Waals surface area contributed by atoms with E-state index in [1.165, 1.54) is 11.1 Å². The van der Waals surface area contributed by atoms with Crippen LogP contribution in [0.5, 0.6) is 5.75 Å². The first-order chi connectivity index (χ1) is 8.69. The summed E-state index contributed by atoms with van der Waals surface area (Å²) in [5.74, 6) is 1.16. The van der Waals surface area contributed by atoms with Crippen molar-refractivity contribution in [3.8, 4) is 5.75 Å². The second kappa shape index (κ2) is 4.53. The maximum atomic E-state index is 9.84. The molecule has 2 aliphatic rings. The van der Waals surface area contributed by atoms with Gasteiger partial charge < -0.3 is 20.3 Å². The van der Waals surface area contributed by atoms with Crippen LogP contribution in [0.15, 0.2) is 18.2 Å². The van der Waals surface area contributed by atoms with E-state index < -0.39 is 12.2 Å². The maximum Gasteiger partial charge on any atom is 0.119 e. The van der Waals surface area contributed by atoms with E-state index in [0.717, 1.165) is 12.3 Å². The van der Waals surface area contributed by atoms with Crippen molar-refractivity contribution in [3.63, 3.8) is 0 Å². The summed E-state index contributed by atoms with van der Waals surface area (Å²) in [5, 5.41) is 23.0. The third-order valence-corrected chi connectivity index (χ3v) is 4.23. The lowest BCUT2D eigenvalue weighted by molar-refractivity contribution is -0.0273. The van der Waals surface area contributed by atoms with E-state index in [9.17, 15) is 10.2 Å². The average molecular weight is 249 g/mol. The number of hydrogen-bond donors (Lipinski definition) is 3. The summed E-state index contributed by atoms with van der Waals surface area (Å²) >= 11 is 0. The van der Waals surface area contributed by atoms with E-state index in [4.69, 9.17) is 4.74 Å². The van der Waals surface area contributed by atoms with Gasteiger partial charge in [-0.2, -0.15) is 0 Å². The quantitative estimate of drug-likeness (QED) is 0.688. The highest BCUT2D eigenvalue weighted by atomic mass is 16.5. The predicted molar refractivity (Wildman–Crippen MR) is 67.6 cm³/mol. The van der Waals surface area contributed by atoms with Crippen molar-refractivity contribution in [3.05, 3.63) is 29.3 Å². The zero-order valence-corrected chi connectivity index (χ0v) is 10.5. The van der Waals surface area contributed by atoms with Gasteiger partial charge in [0.05, 0.1) is 19.3 Å². The monoisotopic (exact) mass is 249 g/mol. The summed E-state index contributed by atoms with van der Waals surface area (Å²) in [7, 11) is 1.67. The summed E-state index contributed by atoms with van der Waals surface area (Å²) in [4.78, 5) is 0. The minimum absolute atomic E-state index is 0.268. The molecule has 98 valence electrons. The fourth-order valence-corrected chi connectivity index (χ4v) is 3.20. The number of nitrogens with one attached hydrogen (secondary N) is 1. The van der Waals surface area contributed by atoms with E-state index in [1.54, 1.807) is 7.11 Å². The highest BCUT2D eigenvalue weighted by Gasteiger charge is 2.38. The molecule has 0 unspecified atom stereocenters. The molecule has 0 bridgehead atoms. The Balaban J connectivity index is 1.92. The van der Waals surface area contributed by atoms with Crippen molar-refractivity contribution in [1.29, 1.82) is 0 Å². The summed E-state index contributed by atoms with van der Waals surface area (Å²) in [6, 6.07) is 6.38. The van der Waals surface area contributed by atoms with Gasteiger partial charge in [0.15, 0.2) is 0 Å². The molecular weight excluding hydrogens is 230 g/mol. The van der Waals surface area contributed by atoms with E-state index in [0.29, 0.717) is 12.8 Å². The number of rotatable bonds is 1. The average Bonchev–Trinajstić information content (AvgIpc) is 2.39. The van der Waals surface area contributed by atoms with Crippen molar-refractivity contribution < 1.29 is 14.9 Å². The van der Waals surface area contributed by atoms with Crippen molar-refractivity contribution in [1.82, 2.24) is 5.32 Å². The molecule has 0 aromatic heterocycles. The molecule has 0 spiro atoms. The lowest BCUT2D eigenvalue weighted by Gasteiger charge is -2.42. The fraction of sp³-hybridized carbons (Fsp3) is 0.571. The van der Waals surface area contributed by atoms with Gasteiger partial charge in [0.25, 0.3) is 0 Å². The van der Waals surface area contributed by atoms with Gasteiger partial charge in [0.2, 0.25) is 0 Å². The molecule has 1 fully saturated rings. The minimum Gasteiger partial charge on any atom is -0.497 e. The van der Waals surface area contributed by atoms with Crippen LogP contribution < -0.4 is 10.1 Å². The standard InChI is InChI=1S/C14H19NO3/c1-18-9-2-3-10-8(4-9)7-15-12-6-14(17)13(16)5-11(10)12/h2-4,11-17H,5-7H2,1H3/t11-,12-,13+,14-/m0/s1. The number of methoxy groups -OCH3 is 1. The Labute approximate surface area is 107 Å². The molecule has 0 radical (unpaired) electrons. The molecule has 1 aliphatic carbocycles. The lowest BCUT2D eigenvalue weighted by atomic mass is 9.74. The fourth-order valence-electron chi connectivity index (χ4n) is 3.20. The topological polar surface area (TPSA) is 61.7 Å². The van der Waals surface area contributed by atoms with Crippen LogP contribution in [0.1, 0.15) is 29.9 Å². The number of hydrogen-bond acceptors (Lipinski definition) is 4. The largest absolute Gasteiger partial charge is 0.497 e. The van der Waals surface area contributed by atoms with Crippen LogP contribution in [-0.4, -0.2) is 35.6 Å². The summed E-state index contributed by atoms with van der Waals surface area (Å²) in [5.41, 5.74) is 2.52. The van der Waals surface area contributed by atoms with E-state index >= 15 is 0 Å². The number of ether oxygens (including phenoxy) is 1. The molecule has 1 heterocycles. The Morgan fingerprint density at radius 1 is 1.22 bits per heavy atom. The predicted octanol–water partition coefficient (Wildman–Crippen LogP) is 0.766. The Morgan fingerprint density at radius 3 is 2.78 bits per heavy atom. The van der Waals surface area contributed by atoms with Gasteiger partial charge >= 0.3 is 0 Å². The van der Waals surface area contributed by atoms with Crippen LogP contribution in [0.4, 0.5) is 0 Å². The number of fused-ring (bicyclic) bond motifs is 3. The first-order valence-electron chi connectivity index (χ1n) is 6.45. The summed E-state index contributed by atoms with van der Waals surface area (Å²) in [6.07, 6.45) is 0.0368. The Hall–Kier alpha value is -1.10. The molecule has 1 aromatic rings. The van der Waals surface area contributed by atoms with Gasteiger partial charge in [0, 0.05) is 18.5 Å². The normalized spacial score (nSPS) is 34.6. The van der Waals surface area contributed by atoms with Crippen LogP contribution in [0.3, 0.4) is 0 Å². The number of aliphatic hydroxyl groups excluding tert-OH is 2.